The molecule has 1 spiro atoms. The number of carbonyl (C=O) groups is 1. The van der Waals surface area contributed by atoms with E-state index in [1.807, 2.05) is 40.1 Å². The minimum atomic E-state index is -0.130. The fourth-order valence-electron chi connectivity index (χ4n) is 5.08. The Morgan fingerprint density at radius 2 is 1.62 bits per heavy atom. The molecule has 2 aliphatic heterocycles. The maximum atomic E-state index is 13.0. The van der Waals surface area contributed by atoms with Crippen LogP contribution in [0.2, 0.25) is 0 Å². The fourth-order valence-corrected chi connectivity index (χ4v) is 5.08. The third-order valence-electron chi connectivity index (χ3n) is 7.34. The van der Waals surface area contributed by atoms with Gasteiger partial charge in [-0.2, -0.15) is 0 Å². The van der Waals surface area contributed by atoms with E-state index in [1.54, 1.807) is 6.07 Å². The van der Waals surface area contributed by atoms with E-state index in [1.165, 1.54) is 24.9 Å². The fraction of sp³-hybridized carbons (Fsp3) is 0.400. The number of hydrogen-bond acceptors (Lipinski definition) is 5. The third kappa shape index (κ3) is 3.42. The van der Waals surface area contributed by atoms with Crippen LogP contribution in [0.3, 0.4) is 0 Å². The van der Waals surface area contributed by atoms with Gasteiger partial charge < -0.3 is 14.7 Å². The van der Waals surface area contributed by atoms with Gasteiger partial charge in [0.2, 0.25) is 5.95 Å². The molecule has 3 aliphatic rings. The maximum absolute atomic E-state index is 13.0. The summed E-state index contributed by atoms with van der Waals surface area (Å²) in [6.07, 6.45) is 4.04. The molecule has 7 nitrogen and oxygen atoms in total. The molecule has 1 aliphatic carbocycles. The van der Waals surface area contributed by atoms with Gasteiger partial charge in [0.05, 0.1) is 10.9 Å². The van der Waals surface area contributed by atoms with Gasteiger partial charge in [-0.25, -0.2) is 4.98 Å². The molecular formula is C25H27N5O2. The van der Waals surface area contributed by atoms with E-state index in [-0.39, 0.29) is 11.5 Å². The van der Waals surface area contributed by atoms with Gasteiger partial charge in [0.15, 0.2) is 0 Å². The van der Waals surface area contributed by atoms with Gasteiger partial charge in [0.25, 0.3) is 11.5 Å². The number of benzene rings is 2. The van der Waals surface area contributed by atoms with Crippen molar-refractivity contribution in [3.63, 3.8) is 0 Å². The Bertz CT molecular complexity index is 1220. The molecule has 0 bridgehead atoms. The number of para-hydroxylation sites is 1. The van der Waals surface area contributed by atoms with Crippen molar-refractivity contribution >= 4 is 28.4 Å². The summed E-state index contributed by atoms with van der Waals surface area (Å²) in [6.45, 7) is 4.77. The average Bonchev–Trinajstić information content (AvgIpc) is 3.47. The summed E-state index contributed by atoms with van der Waals surface area (Å²) in [6, 6.07) is 15.5. The summed E-state index contributed by atoms with van der Waals surface area (Å²) in [5, 5.41) is 0.592. The molecule has 0 unspecified atom stereocenters. The van der Waals surface area contributed by atoms with Crippen LogP contribution in [0.1, 0.15) is 29.6 Å². The Morgan fingerprint density at radius 1 is 0.875 bits per heavy atom. The highest BCUT2D eigenvalue weighted by Crippen LogP contribution is 2.53. The summed E-state index contributed by atoms with van der Waals surface area (Å²) >= 11 is 0. The molecule has 2 saturated heterocycles. The van der Waals surface area contributed by atoms with Crippen LogP contribution in [0, 0.1) is 5.41 Å². The molecule has 3 aromatic rings. The van der Waals surface area contributed by atoms with Crippen LogP contribution in [0.25, 0.3) is 10.9 Å². The highest BCUT2D eigenvalue weighted by atomic mass is 16.2. The van der Waals surface area contributed by atoms with Crippen molar-refractivity contribution in [2.45, 2.75) is 19.3 Å². The Kier molecular flexibility index (Phi) is 4.45. The second-order valence-electron chi connectivity index (χ2n) is 9.40. The Morgan fingerprint density at radius 3 is 2.34 bits per heavy atom. The lowest BCUT2D eigenvalue weighted by atomic mass is 10.1. The second kappa shape index (κ2) is 7.36. The molecule has 32 heavy (non-hydrogen) atoms. The molecule has 1 aromatic heterocycles. The van der Waals surface area contributed by atoms with Crippen molar-refractivity contribution in [3.05, 3.63) is 64.4 Å². The third-order valence-corrected chi connectivity index (χ3v) is 7.34. The highest BCUT2D eigenvalue weighted by molar-refractivity contribution is 5.94. The van der Waals surface area contributed by atoms with E-state index in [2.05, 4.69) is 27.0 Å². The summed E-state index contributed by atoms with van der Waals surface area (Å²) in [7, 11) is 0. The van der Waals surface area contributed by atoms with Crippen LogP contribution in [0.4, 0.5) is 11.6 Å². The molecule has 2 aromatic carbocycles. The first-order valence-corrected chi connectivity index (χ1v) is 11.5. The normalized spacial score (nSPS) is 19.7. The minimum absolute atomic E-state index is 0.0660. The molecule has 3 heterocycles. The van der Waals surface area contributed by atoms with Crippen molar-refractivity contribution in [3.8, 4) is 0 Å². The molecule has 6 rings (SSSR count). The Balaban J connectivity index is 1.11. The van der Waals surface area contributed by atoms with Gasteiger partial charge >= 0.3 is 0 Å². The van der Waals surface area contributed by atoms with Gasteiger partial charge in [0, 0.05) is 50.5 Å². The number of aromatic nitrogens is 2. The van der Waals surface area contributed by atoms with Crippen LogP contribution in [0.5, 0.6) is 0 Å². The van der Waals surface area contributed by atoms with Crippen LogP contribution in [-0.2, 0) is 0 Å². The van der Waals surface area contributed by atoms with E-state index >= 15 is 0 Å². The average molecular weight is 430 g/mol. The monoisotopic (exact) mass is 429 g/mol. The Labute approximate surface area is 186 Å². The Hall–Kier alpha value is -3.35. The molecule has 3 fully saturated rings. The molecule has 164 valence electrons. The van der Waals surface area contributed by atoms with Gasteiger partial charge in [-0.1, -0.05) is 12.1 Å². The van der Waals surface area contributed by atoms with Gasteiger partial charge in [-0.3, -0.25) is 14.6 Å². The number of fused-ring (bicyclic) bond motifs is 1. The SMILES string of the molecule is O=C(c1ccc(N2CCC3(CC3)C2)cc1)N1CCN(c2nc3ccccc3c(=O)[nH]2)CC1. The van der Waals surface area contributed by atoms with Crippen molar-refractivity contribution in [2.75, 3.05) is 49.1 Å². The largest absolute Gasteiger partial charge is 0.371 e. The maximum Gasteiger partial charge on any atom is 0.260 e. The van der Waals surface area contributed by atoms with Crippen LogP contribution >= 0.6 is 0 Å². The summed E-state index contributed by atoms with van der Waals surface area (Å²) < 4.78 is 0. The number of amides is 1. The van der Waals surface area contributed by atoms with E-state index < -0.39 is 0 Å². The van der Waals surface area contributed by atoms with Crippen LogP contribution in [-0.4, -0.2) is 60.0 Å². The number of nitrogens with zero attached hydrogens (tertiary/aromatic N) is 4. The molecule has 7 heteroatoms. The lowest BCUT2D eigenvalue weighted by Gasteiger charge is -2.35. The number of aromatic amines is 1. The van der Waals surface area contributed by atoms with Gasteiger partial charge in [-0.05, 0) is 61.1 Å². The first-order valence-electron chi connectivity index (χ1n) is 11.5. The number of rotatable bonds is 3. The smallest absolute Gasteiger partial charge is 0.260 e. The van der Waals surface area contributed by atoms with Crippen molar-refractivity contribution in [2.24, 2.45) is 5.41 Å². The van der Waals surface area contributed by atoms with Crippen molar-refractivity contribution in [1.82, 2.24) is 14.9 Å². The van der Waals surface area contributed by atoms with E-state index in [9.17, 15) is 9.59 Å². The van der Waals surface area contributed by atoms with Crippen LogP contribution < -0.4 is 15.4 Å². The molecule has 1 N–H and O–H groups in total. The molecule has 1 amide bonds. The number of anilines is 2. The van der Waals surface area contributed by atoms with Crippen molar-refractivity contribution in [1.29, 1.82) is 0 Å². The number of piperazine rings is 1. The zero-order chi connectivity index (χ0) is 21.7. The molecule has 0 radical (unpaired) electrons. The van der Waals surface area contributed by atoms with E-state index in [0.717, 1.165) is 18.7 Å². The topological polar surface area (TPSA) is 72.5 Å². The predicted molar refractivity (Wildman–Crippen MR) is 125 cm³/mol. The number of carbonyl (C=O) groups excluding carboxylic acids is 1. The van der Waals surface area contributed by atoms with Gasteiger partial charge in [-0.15, -0.1) is 0 Å². The summed E-state index contributed by atoms with van der Waals surface area (Å²) in [4.78, 5) is 39.3. The second-order valence-corrected chi connectivity index (χ2v) is 9.40. The van der Waals surface area contributed by atoms with E-state index in [4.69, 9.17) is 0 Å². The first-order chi connectivity index (χ1) is 15.6. The highest BCUT2D eigenvalue weighted by Gasteiger charge is 2.47. The number of H-pyrrole nitrogens is 1. The molecule has 0 atom stereocenters. The zero-order valence-electron chi connectivity index (χ0n) is 18.1. The summed E-state index contributed by atoms with van der Waals surface area (Å²) in [5.74, 6) is 0.639. The minimum Gasteiger partial charge on any atom is -0.371 e. The summed E-state index contributed by atoms with van der Waals surface area (Å²) in [5.41, 5.74) is 3.12. The predicted octanol–water partition coefficient (Wildman–Crippen LogP) is 2.88. The standard InChI is InChI=1S/C25H27N5O2/c31-22-20-3-1-2-4-21(20)26-24(27-22)29-15-13-28(14-16-29)23(32)18-5-7-19(8-6-18)30-12-11-25(17-30)9-10-25/h1-8H,9-17H2,(H,26,27,31). The van der Waals surface area contributed by atoms with Gasteiger partial charge in [0.1, 0.15) is 0 Å². The zero-order valence-corrected chi connectivity index (χ0v) is 18.1. The number of hydrogen-bond donors (Lipinski definition) is 1. The molecule has 1 saturated carbocycles. The molecular weight excluding hydrogens is 402 g/mol. The van der Waals surface area contributed by atoms with E-state index in [0.29, 0.717) is 48.4 Å². The quantitative estimate of drug-likeness (QED) is 0.693. The lowest BCUT2D eigenvalue weighted by Crippen LogP contribution is -2.49. The lowest BCUT2D eigenvalue weighted by molar-refractivity contribution is 0.0746. The van der Waals surface area contributed by atoms with Crippen molar-refractivity contribution < 1.29 is 4.79 Å². The first kappa shape index (κ1) is 19.3. The number of nitrogens with one attached hydrogen (secondary N) is 1. The van der Waals surface area contributed by atoms with Crippen LogP contribution in [0.15, 0.2) is 53.3 Å².